The van der Waals surface area contributed by atoms with Crippen molar-refractivity contribution in [3.8, 4) is 0 Å². The zero-order valence-electron chi connectivity index (χ0n) is 11.9. The van der Waals surface area contributed by atoms with Crippen LogP contribution in [-0.2, 0) is 5.16 Å². The second-order valence-electron chi connectivity index (χ2n) is 4.92. The van der Waals surface area contributed by atoms with E-state index in [1.54, 1.807) is 0 Å². The summed E-state index contributed by atoms with van der Waals surface area (Å²) in [7, 11) is 0.938. The van der Waals surface area contributed by atoms with Crippen LogP contribution in [0.15, 0.2) is 60.7 Å². The molecule has 0 bridgehead atoms. The predicted octanol–water partition coefficient (Wildman–Crippen LogP) is 5.43. The van der Waals surface area contributed by atoms with Crippen molar-refractivity contribution in [3.05, 3.63) is 71.8 Å². The number of hydrogen-bond donors (Lipinski definition) is 0. The molecule has 0 spiro atoms. The molecule has 0 heterocycles. The van der Waals surface area contributed by atoms with Gasteiger partial charge >= 0.3 is 0 Å². The Labute approximate surface area is 119 Å². The first-order valence-electron chi connectivity index (χ1n) is 7.19. The van der Waals surface area contributed by atoms with Gasteiger partial charge in [0.2, 0.25) is 0 Å². The highest BCUT2D eigenvalue weighted by Gasteiger charge is 2.32. The standard InChI is InChI=1S/C18H23P/c1-3-15-18(19-4-2,16-11-7-5-8-12-16)17-13-9-6-10-14-17/h5-14,19H,3-4,15H2,1-2H3. The molecule has 0 N–H and O–H groups in total. The van der Waals surface area contributed by atoms with Crippen LogP contribution in [0.3, 0.4) is 0 Å². The number of rotatable bonds is 6. The van der Waals surface area contributed by atoms with Crippen molar-refractivity contribution < 1.29 is 0 Å². The monoisotopic (exact) mass is 270 g/mol. The van der Waals surface area contributed by atoms with E-state index < -0.39 is 0 Å². The molecule has 0 aliphatic heterocycles. The summed E-state index contributed by atoms with van der Waals surface area (Å²) in [5.41, 5.74) is 2.95. The van der Waals surface area contributed by atoms with Gasteiger partial charge in [0, 0.05) is 5.16 Å². The molecule has 0 saturated carbocycles. The van der Waals surface area contributed by atoms with E-state index in [1.807, 2.05) is 0 Å². The fraction of sp³-hybridized carbons (Fsp3) is 0.333. The summed E-state index contributed by atoms with van der Waals surface area (Å²) in [6.07, 6.45) is 3.69. The maximum Gasteiger partial charge on any atom is 0.0372 e. The molecule has 1 atom stereocenters. The largest absolute Gasteiger partial charge is 0.107 e. The van der Waals surface area contributed by atoms with Crippen molar-refractivity contribution in [2.24, 2.45) is 0 Å². The first-order valence-corrected chi connectivity index (χ1v) is 8.40. The van der Waals surface area contributed by atoms with Crippen molar-refractivity contribution in [1.82, 2.24) is 0 Å². The Kier molecular flexibility index (Phi) is 5.16. The van der Waals surface area contributed by atoms with Crippen molar-refractivity contribution >= 4 is 8.58 Å². The van der Waals surface area contributed by atoms with Gasteiger partial charge in [0.05, 0.1) is 0 Å². The Hall–Kier alpha value is -1.13. The van der Waals surface area contributed by atoms with Crippen LogP contribution in [0.4, 0.5) is 0 Å². The van der Waals surface area contributed by atoms with E-state index in [9.17, 15) is 0 Å². The molecule has 0 amide bonds. The van der Waals surface area contributed by atoms with Gasteiger partial charge in [-0.15, -0.1) is 8.58 Å². The summed E-state index contributed by atoms with van der Waals surface area (Å²) in [6.45, 7) is 4.59. The molecule has 0 aromatic heterocycles. The highest BCUT2D eigenvalue weighted by atomic mass is 31.1. The normalized spacial score (nSPS) is 12.1. The summed E-state index contributed by atoms with van der Waals surface area (Å²) >= 11 is 0. The topological polar surface area (TPSA) is 0 Å². The van der Waals surface area contributed by atoms with E-state index in [0.717, 1.165) is 8.58 Å². The van der Waals surface area contributed by atoms with E-state index in [4.69, 9.17) is 0 Å². The predicted molar refractivity (Wildman–Crippen MR) is 87.4 cm³/mol. The maximum atomic E-state index is 2.30. The van der Waals surface area contributed by atoms with Crippen LogP contribution in [0.2, 0.25) is 0 Å². The highest BCUT2D eigenvalue weighted by Crippen LogP contribution is 2.50. The van der Waals surface area contributed by atoms with Gasteiger partial charge in [-0.1, -0.05) is 80.9 Å². The van der Waals surface area contributed by atoms with Crippen molar-refractivity contribution in [3.63, 3.8) is 0 Å². The third-order valence-electron chi connectivity index (χ3n) is 3.64. The summed E-state index contributed by atoms with van der Waals surface area (Å²) in [5.74, 6) is 0. The van der Waals surface area contributed by atoms with Crippen LogP contribution < -0.4 is 0 Å². The molecule has 19 heavy (non-hydrogen) atoms. The van der Waals surface area contributed by atoms with Crippen LogP contribution in [0, 0.1) is 0 Å². The Morgan fingerprint density at radius 1 is 0.789 bits per heavy atom. The van der Waals surface area contributed by atoms with Crippen LogP contribution in [0.5, 0.6) is 0 Å². The Balaban J connectivity index is 2.54. The lowest BCUT2D eigenvalue weighted by molar-refractivity contribution is 0.639. The van der Waals surface area contributed by atoms with Crippen LogP contribution in [0.1, 0.15) is 37.8 Å². The fourth-order valence-electron chi connectivity index (χ4n) is 2.87. The minimum Gasteiger partial charge on any atom is -0.107 e. The molecule has 0 aliphatic carbocycles. The third-order valence-corrected chi connectivity index (χ3v) is 5.42. The summed E-state index contributed by atoms with van der Waals surface area (Å²) in [5, 5.41) is 0.214. The Bertz CT molecular complexity index is 428. The van der Waals surface area contributed by atoms with Crippen LogP contribution in [-0.4, -0.2) is 6.16 Å². The summed E-state index contributed by atoms with van der Waals surface area (Å²) in [4.78, 5) is 0. The molecule has 0 nitrogen and oxygen atoms in total. The van der Waals surface area contributed by atoms with Gasteiger partial charge in [0.1, 0.15) is 0 Å². The third kappa shape index (κ3) is 3.07. The van der Waals surface area contributed by atoms with E-state index in [0.29, 0.717) is 0 Å². The molecule has 1 heteroatoms. The molecule has 1 unspecified atom stereocenters. The number of hydrogen-bond acceptors (Lipinski definition) is 0. The average Bonchev–Trinajstić information content (AvgIpc) is 2.49. The maximum absolute atomic E-state index is 2.30. The summed E-state index contributed by atoms with van der Waals surface area (Å²) in [6, 6.07) is 22.1. The van der Waals surface area contributed by atoms with Gasteiger partial charge in [-0.3, -0.25) is 0 Å². The van der Waals surface area contributed by atoms with Gasteiger partial charge in [-0.05, 0) is 23.7 Å². The second-order valence-corrected chi connectivity index (χ2v) is 6.83. The molecule has 0 radical (unpaired) electrons. The van der Waals surface area contributed by atoms with E-state index >= 15 is 0 Å². The van der Waals surface area contributed by atoms with Crippen molar-refractivity contribution in [2.75, 3.05) is 6.16 Å². The summed E-state index contributed by atoms with van der Waals surface area (Å²) < 4.78 is 0. The average molecular weight is 270 g/mol. The lowest BCUT2D eigenvalue weighted by Crippen LogP contribution is -2.22. The SMILES string of the molecule is CCCC(PCC)(c1ccccc1)c1ccccc1. The zero-order valence-corrected chi connectivity index (χ0v) is 12.9. The van der Waals surface area contributed by atoms with Gasteiger partial charge in [-0.25, -0.2) is 0 Å². The van der Waals surface area contributed by atoms with Crippen LogP contribution in [0.25, 0.3) is 0 Å². The Morgan fingerprint density at radius 2 is 1.26 bits per heavy atom. The first kappa shape index (κ1) is 14.3. The molecular weight excluding hydrogens is 247 g/mol. The lowest BCUT2D eigenvalue weighted by atomic mass is 9.86. The van der Waals surface area contributed by atoms with E-state index in [1.165, 1.54) is 30.1 Å². The zero-order chi connectivity index (χ0) is 13.6. The van der Waals surface area contributed by atoms with Crippen molar-refractivity contribution in [1.29, 1.82) is 0 Å². The van der Waals surface area contributed by atoms with Crippen LogP contribution >= 0.6 is 8.58 Å². The van der Waals surface area contributed by atoms with Gasteiger partial charge in [-0.2, -0.15) is 0 Å². The second kappa shape index (κ2) is 6.87. The van der Waals surface area contributed by atoms with Gasteiger partial charge < -0.3 is 0 Å². The minimum atomic E-state index is 0.214. The fourth-order valence-corrected chi connectivity index (χ4v) is 4.64. The first-order chi connectivity index (χ1) is 9.33. The molecule has 0 fully saturated rings. The highest BCUT2D eigenvalue weighted by molar-refractivity contribution is 7.39. The van der Waals surface area contributed by atoms with E-state index in [-0.39, 0.29) is 5.16 Å². The smallest absolute Gasteiger partial charge is 0.0372 e. The molecule has 2 rings (SSSR count). The minimum absolute atomic E-state index is 0.214. The molecule has 0 aliphatic rings. The number of benzene rings is 2. The molecular formula is C18H23P. The van der Waals surface area contributed by atoms with E-state index in [2.05, 4.69) is 74.5 Å². The lowest BCUT2D eigenvalue weighted by Gasteiger charge is -2.35. The molecule has 0 saturated heterocycles. The Morgan fingerprint density at radius 3 is 1.63 bits per heavy atom. The van der Waals surface area contributed by atoms with Gasteiger partial charge in [0.25, 0.3) is 0 Å². The molecule has 2 aromatic carbocycles. The quantitative estimate of drug-likeness (QED) is 0.614. The molecule has 2 aromatic rings. The molecule has 100 valence electrons. The van der Waals surface area contributed by atoms with Gasteiger partial charge in [0.15, 0.2) is 0 Å². The van der Waals surface area contributed by atoms with Crippen molar-refractivity contribution in [2.45, 2.75) is 31.8 Å².